The SMILES string of the molecule is COc1ccccc1-c1cccc(NC(=O)N2CCC[C@@H](OC)C2)c1. The largest absolute Gasteiger partial charge is 0.496 e. The van der Waals surface area contributed by atoms with Crippen LogP contribution in [0.1, 0.15) is 12.8 Å². The van der Waals surface area contributed by atoms with E-state index in [-0.39, 0.29) is 12.1 Å². The number of carbonyl (C=O) groups excluding carboxylic acids is 1. The van der Waals surface area contributed by atoms with Crippen molar-refractivity contribution in [2.45, 2.75) is 18.9 Å². The lowest BCUT2D eigenvalue weighted by atomic mass is 10.0. The summed E-state index contributed by atoms with van der Waals surface area (Å²) in [5, 5.41) is 2.99. The van der Waals surface area contributed by atoms with Crippen LogP contribution in [0.15, 0.2) is 48.5 Å². The van der Waals surface area contributed by atoms with E-state index >= 15 is 0 Å². The average Bonchev–Trinajstić information content (AvgIpc) is 2.68. The first kappa shape index (κ1) is 17.3. The second-order valence-electron chi connectivity index (χ2n) is 6.16. The molecule has 2 aromatic carbocycles. The molecule has 1 atom stereocenters. The molecule has 1 aliphatic heterocycles. The van der Waals surface area contributed by atoms with Crippen molar-refractivity contribution in [3.8, 4) is 16.9 Å². The van der Waals surface area contributed by atoms with E-state index in [9.17, 15) is 4.79 Å². The van der Waals surface area contributed by atoms with Gasteiger partial charge in [0.05, 0.1) is 13.2 Å². The Hall–Kier alpha value is -2.53. The average molecular weight is 340 g/mol. The molecule has 1 saturated heterocycles. The number of piperidine rings is 1. The third kappa shape index (κ3) is 4.12. The maximum Gasteiger partial charge on any atom is 0.321 e. The summed E-state index contributed by atoms with van der Waals surface area (Å²) >= 11 is 0. The molecule has 2 amide bonds. The second kappa shape index (κ2) is 8.03. The molecule has 5 heteroatoms. The van der Waals surface area contributed by atoms with Crippen LogP contribution in [0.3, 0.4) is 0 Å². The van der Waals surface area contributed by atoms with Crippen molar-refractivity contribution in [3.63, 3.8) is 0 Å². The van der Waals surface area contributed by atoms with E-state index in [1.807, 2.05) is 53.4 Å². The number of rotatable bonds is 4. The molecule has 1 heterocycles. The van der Waals surface area contributed by atoms with Crippen LogP contribution in [0, 0.1) is 0 Å². The van der Waals surface area contributed by atoms with Gasteiger partial charge in [-0.2, -0.15) is 0 Å². The number of amides is 2. The minimum absolute atomic E-state index is 0.0843. The zero-order valence-electron chi connectivity index (χ0n) is 14.7. The number of carbonyl (C=O) groups is 1. The fourth-order valence-electron chi connectivity index (χ4n) is 3.17. The molecule has 0 aromatic heterocycles. The summed E-state index contributed by atoms with van der Waals surface area (Å²) in [6.07, 6.45) is 2.09. The molecular weight excluding hydrogens is 316 g/mol. The Kier molecular flexibility index (Phi) is 5.56. The molecule has 0 bridgehead atoms. The Morgan fingerprint density at radius 3 is 2.80 bits per heavy atom. The zero-order valence-corrected chi connectivity index (χ0v) is 14.7. The van der Waals surface area contributed by atoms with Crippen molar-refractivity contribution < 1.29 is 14.3 Å². The molecule has 0 radical (unpaired) electrons. The van der Waals surface area contributed by atoms with Gasteiger partial charge >= 0.3 is 6.03 Å². The maximum atomic E-state index is 12.5. The number of benzene rings is 2. The molecule has 2 aromatic rings. The standard InChI is InChI=1S/C20H24N2O3/c1-24-17-9-6-12-22(14-17)20(23)21-16-8-5-7-15(13-16)18-10-3-4-11-19(18)25-2/h3-5,7-8,10-11,13,17H,6,9,12,14H2,1-2H3,(H,21,23)/t17-/m1/s1. The molecule has 0 spiro atoms. The normalized spacial score (nSPS) is 17.2. The smallest absolute Gasteiger partial charge is 0.321 e. The van der Waals surface area contributed by atoms with Crippen molar-refractivity contribution in [3.05, 3.63) is 48.5 Å². The molecule has 3 rings (SSSR count). The highest BCUT2D eigenvalue weighted by Gasteiger charge is 2.23. The van der Waals surface area contributed by atoms with Crippen molar-refractivity contribution in [2.75, 3.05) is 32.6 Å². The Labute approximate surface area is 148 Å². The van der Waals surface area contributed by atoms with E-state index in [0.717, 1.165) is 42.0 Å². The number of methoxy groups -OCH3 is 2. The lowest BCUT2D eigenvalue weighted by molar-refractivity contribution is 0.0458. The van der Waals surface area contributed by atoms with E-state index in [2.05, 4.69) is 5.32 Å². The van der Waals surface area contributed by atoms with Crippen LogP contribution in [0.4, 0.5) is 10.5 Å². The van der Waals surface area contributed by atoms with Crippen LogP contribution in [-0.2, 0) is 4.74 Å². The topological polar surface area (TPSA) is 50.8 Å². The third-order valence-electron chi connectivity index (χ3n) is 4.53. The van der Waals surface area contributed by atoms with Gasteiger partial charge in [0, 0.05) is 31.5 Å². The number of ether oxygens (including phenoxy) is 2. The quantitative estimate of drug-likeness (QED) is 0.915. The zero-order chi connectivity index (χ0) is 17.6. The summed E-state index contributed by atoms with van der Waals surface area (Å²) < 4.78 is 10.8. The summed E-state index contributed by atoms with van der Waals surface area (Å²) in [6, 6.07) is 15.6. The predicted molar refractivity (Wildman–Crippen MR) is 99.1 cm³/mol. The van der Waals surface area contributed by atoms with Crippen LogP contribution in [0.25, 0.3) is 11.1 Å². The number of hydrogen-bond acceptors (Lipinski definition) is 3. The fraction of sp³-hybridized carbons (Fsp3) is 0.350. The van der Waals surface area contributed by atoms with Gasteiger partial charge in [0.1, 0.15) is 5.75 Å². The summed E-state index contributed by atoms with van der Waals surface area (Å²) in [6.45, 7) is 1.40. The van der Waals surface area contributed by atoms with E-state index in [4.69, 9.17) is 9.47 Å². The maximum absolute atomic E-state index is 12.5. The van der Waals surface area contributed by atoms with Gasteiger partial charge < -0.3 is 19.7 Å². The van der Waals surface area contributed by atoms with E-state index in [1.165, 1.54) is 0 Å². The van der Waals surface area contributed by atoms with Crippen molar-refractivity contribution in [2.24, 2.45) is 0 Å². The minimum Gasteiger partial charge on any atom is -0.496 e. The number of urea groups is 1. The van der Waals surface area contributed by atoms with Crippen molar-refractivity contribution >= 4 is 11.7 Å². The second-order valence-corrected chi connectivity index (χ2v) is 6.16. The van der Waals surface area contributed by atoms with E-state index < -0.39 is 0 Å². The van der Waals surface area contributed by atoms with E-state index in [0.29, 0.717) is 6.54 Å². The predicted octanol–water partition coefficient (Wildman–Crippen LogP) is 4.00. The van der Waals surface area contributed by atoms with Crippen LogP contribution < -0.4 is 10.1 Å². The first-order valence-corrected chi connectivity index (χ1v) is 8.53. The first-order valence-electron chi connectivity index (χ1n) is 8.53. The highest BCUT2D eigenvalue weighted by molar-refractivity contribution is 5.90. The van der Waals surface area contributed by atoms with Gasteiger partial charge in [-0.15, -0.1) is 0 Å². The number of hydrogen-bond donors (Lipinski definition) is 1. The van der Waals surface area contributed by atoms with Crippen LogP contribution in [0.5, 0.6) is 5.75 Å². The molecule has 0 saturated carbocycles. The molecule has 1 fully saturated rings. The Bertz CT molecular complexity index is 732. The van der Waals surface area contributed by atoms with Gasteiger partial charge in [-0.25, -0.2) is 4.79 Å². The van der Waals surface area contributed by atoms with Gasteiger partial charge in [-0.3, -0.25) is 0 Å². The molecule has 0 unspecified atom stereocenters. The lowest BCUT2D eigenvalue weighted by Gasteiger charge is -2.31. The highest BCUT2D eigenvalue weighted by atomic mass is 16.5. The number of nitrogens with one attached hydrogen (secondary N) is 1. The summed E-state index contributed by atoms with van der Waals surface area (Å²) in [4.78, 5) is 14.3. The van der Waals surface area contributed by atoms with Crippen LogP contribution in [-0.4, -0.2) is 44.3 Å². The molecular formula is C20H24N2O3. The van der Waals surface area contributed by atoms with E-state index in [1.54, 1.807) is 14.2 Å². The van der Waals surface area contributed by atoms with Crippen molar-refractivity contribution in [1.82, 2.24) is 4.90 Å². The number of anilines is 1. The lowest BCUT2D eigenvalue weighted by Crippen LogP contribution is -2.44. The first-order chi connectivity index (χ1) is 12.2. The molecule has 0 aliphatic carbocycles. The highest BCUT2D eigenvalue weighted by Crippen LogP contribution is 2.31. The molecule has 132 valence electrons. The molecule has 1 N–H and O–H groups in total. The Balaban J connectivity index is 1.74. The minimum atomic E-state index is -0.0843. The van der Waals surface area contributed by atoms with Crippen molar-refractivity contribution in [1.29, 1.82) is 0 Å². The van der Waals surface area contributed by atoms with Gasteiger partial charge in [-0.1, -0.05) is 30.3 Å². The number of nitrogens with zero attached hydrogens (tertiary/aromatic N) is 1. The van der Waals surface area contributed by atoms with Gasteiger partial charge in [0.25, 0.3) is 0 Å². The molecule has 5 nitrogen and oxygen atoms in total. The Morgan fingerprint density at radius 2 is 2.00 bits per heavy atom. The Morgan fingerprint density at radius 1 is 1.16 bits per heavy atom. The van der Waals surface area contributed by atoms with Gasteiger partial charge in [-0.05, 0) is 36.6 Å². The van der Waals surface area contributed by atoms with Gasteiger partial charge in [0.15, 0.2) is 0 Å². The summed E-state index contributed by atoms with van der Waals surface area (Å²) in [5.41, 5.74) is 2.77. The monoisotopic (exact) mass is 340 g/mol. The number of para-hydroxylation sites is 1. The molecule has 25 heavy (non-hydrogen) atoms. The molecule has 1 aliphatic rings. The van der Waals surface area contributed by atoms with Crippen LogP contribution >= 0.6 is 0 Å². The third-order valence-corrected chi connectivity index (χ3v) is 4.53. The summed E-state index contributed by atoms with van der Waals surface area (Å²) in [7, 11) is 3.36. The van der Waals surface area contributed by atoms with Crippen LogP contribution in [0.2, 0.25) is 0 Å². The summed E-state index contributed by atoms with van der Waals surface area (Å²) in [5.74, 6) is 0.810. The van der Waals surface area contributed by atoms with Gasteiger partial charge in [0.2, 0.25) is 0 Å². The fourth-order valence-corrected chi connectivity index (χ4v) is 3.17. The number of likely N-dealkylation sites (tertiary alicyclic amines) is 1.